The summed E-state index contributed by atoms with van der Waals surface area (Å²) in [5.41, 5.74) is 8.38. The van der Waals surface area contributed by atoms with Gasteiger partial charge < -0.3 is 5.73 Å². The van der Waals surface area contributed by atoms with Crippen LogP contribution in [0.3, 0.4) is 0 Å². The van der Waals surface area contributed by atoms with Crippen LogP contribution in [0.2, 0.25) is 0 Å². The minimum absolute atomic E-state index is 0.434. The molecule has 102 valence electrons. The van der Waals surface area contributed by atoms with Crippen molar-refractivity contribution in [3.05, 3.63) is 53.0 Å². The van der Waals surface area contributed by atoms with Gasteiger partial charge in [0.05, 0.1) is 26.8 Å². The van der Waals surface area contributed by atoms with Crippen molar-refractivity contribution < 1.29 is 4.21 Å². The number of para-hydroxylation sites is 1. The quantitative estimate of drug-likeness (QED) is 0.753. The molecule has 5 heteroatoms. The molecular weight excluding hydrogens is 288 g/mol. The number of hydrogen-bond acceptors (Lipinski definition) is 4. The Balaban J connectivity index is 1.90. The topological polar surface area (TPSA) is 56.0 Å². The summed E-state index contributed by atoms with van der Waals surface area (Å²) in [5.74, 6) is 0.434. The summed E-state index contributed by atoms with van der Waals surface area (Å²) < 4.78 is 13.6. The highest BCUT2D eigenvalue weighted by Crippen LogP contribution is 2.25. The Bertz CT molecular complexity index is 762. The lowest BCUT2D eigenvalue weighted by atomic mass is 10.2. The average molecular weight is 302 g/mol. The van der Waals surface area contributed by atoms with Crippen LogP contribution in [0.1, 0.15) is 10.6 Å². The van der Waals surface area contributed by atoms with Gasteiger partial charge in [-0.05, 0) is 36.8 Å². The molecule has 0 spiro atoms. The molecule has 20 heavy (non-hydrogen) atoms. The van der Waals surface area contributed by atoms with Crippen molar-refractivity contribution in [1.82, 2.24) is 4.98 Å². The van der Waals surface area contributed by atoms with Crippen molar-refractivity contribution in [2.75, 3.05) is 5.73 Å². The van der Waals surface area contributed by atoms with Crippen LogP contribution in [0.5, 0.6) is 0 Å². The van der Waals surface area contributed by atoms with Crippen LogP contribution in [0.15, 0.2) is 47.4 Å². The number of benzene rings is 2. The maximum atomic E-state index is 12.5. The van der Waals surface area contributed by atoms with Crippen molar-refractivity contribution in [2.45, 2.75) is 17.6 Å². The minimum Gasteiger partial charge on any atom is -0.399 e. The minimum atomic E-state index is -1.12. The predicted molar refractivity (Wildman–Crippen MR) is 85.3 cm³/mol. The Morgan fingerprint density at radius 2 is 2.05 bits per heavy atom. The van der Waals surface area contributed by atoms with Crippen LogP contribution in [0.4, 0.5) is 5.69 Å². The second-order valence-electron chi connectivity index (χ2n) is 4.59. The summed E-state index contributed by atoms with van der Waals surface area (Å²) in [5, 5.41) is 0.895. The number of aryl methyl sites for hydroxylation is 1. The van der Waals surface area contributed by atoms with E-state index in [1.165, 1.54) is 0 Å². The number of thiazole rings is 1. The Morgan fingerprint density at radius 3 is 2.85 bits per heavy atom. The van der Waals surface area contributed by atoms with Crippen LogP contribution in [0.25, 0.3) is 10.2 Å². The van der Waals surface area contributed by atoms with Crippen LogP contribution in [-0.4, -0.2) is 9.19 Å². The fourth-order valence-corrected chi connectivity index (χ4v) is 4.49. The van der Waals surface area contributed by atoms with E-state index in [0.29, 0.717) is 11.4 Å². The third-order valence-electron chi connectivity index (χ3n) is 3.05. The van der Waals surface area contributed by atoms with Gasteiger partial charge >= 0.3 is 0 Å². The smallest absolute Gasteiger partial charge is 0.107 e. The molecule has 2 N–H and O–H groups in total. The van der Waals surface area contributed by atoms with E-state index < -0.39 is 10.8 Å². The molecule has 3 nitrogen and oxygen atoms in total. The number of anilines is 1. The molecule has 3 rings (SSSR count). The van der Waals surface area contributed by atoms with Crippen LogP contribution < -0.4 is 5.73 Å². The molecule has 1 heterocycles. The lowest BCUT2D eigenvalue weighted by Crippen LogP contribution is -2.00. The van der Waals surface area contributed by atoms with Gasteiger partial charge in [-0.2, -0.15) is 0 Å². The van der Waals surface area contributed by atoms with Crippen LogP contribution in [-0.2, 0) is 16.6 Å². The number of hydrogen-bond donors (Lipinski definition) is 1. The molecule has 3 aromatic rings. The van der Waals surface area contributed by atoms with Crippen LogP contribution >= 0.6 is 11.3 Å². The molecule has 0 fully saturated rings. The summed E-state index contributed by atoms with van der Waals surface area (Å²) in [4.78, 5) is 5.32. The molecule has 1 unspecified atom stereocenters. The summed E-state index contributed by atoms with van der Waals surface area (Å²) in [7, 11) is -1.12. The lowest BCUT2D eigenvalue weighted by Gasteiger charge is -2.05. The number of nitrogens with zero attached hydrogens (tertiary/aromatic N) is 1. The normalized spacial score (nSPS) is 12.7. The molecular formula is C15H14N2OS2. The van der Waals surface area contributed by atoms with Crippen molar-refractivity contribution in [3.8, 4) is 0 Å². The first-order valence-corrected chi connectivity index (χ1v) is 8.36. The Labute approximate surface area is 123 Å². The Kier molecular flexibility index (Phi) is 3.54. The third kappa shape index (κ3) is 2.59. The Morgan fingerprint density at radius 1 is 1.25 bits per heavy atom. The molecule has 2 aromatic carbocycles. The second-order valence-corrected chi connectivity index (χ2v) is 7.12. The van der Waals surface area contributed by atoms with Gasteiger partial charge in [0.1, 0.15) is 5.01 Å². The number of aromatic nitrogens is 1. The van der Waals surface area contributed by atoms with Gasteiger partial charge in [0.15, 0.2) is 0 Å². The van der Waals surface area contributed by atoms with Gasteiger partial charge in [0, 0.05) is 10.6 Å². The zero-order valence-corrected chi connectivity index (χ0v) is 12.6. The molecule has 0 saturated heterocycles. The maximum absolute atomic E-state index is 12.5. The lowest BCUT2D eigenvalue weighted by molar-refractivity contribution is 0.682. The van der Waals surface area contributed by atoms with Crippen molar-refractivity contribution in [3.63, 3.8) is 0 Å². The molecule has 1 atom stereocenters. The largest absolute Gasteiger partial charge is 0.399 e. The standard InChI is InChI=1S/C15H14N2OS2/c1-10-6-7-11(16)8-14(10)20(18)9-15-17-12-4-2-3-5-13(12)19-15/h2-8H,9,16H2,1H3. The number of nitrogen functional groups attached to an aromatic ring is 1. The highest BCUT2D eigenvalue weighted by molar-refractivity contribution is 7.84. The van der Waals surface area contributed by atoms with Gasteiger partial charge in [-0.15, -0.1) is 11.3 Å². The van der Waals surface area contributed by atoms with E-state index in [4.69, 9.17) is 5.73 Å². The molecule has 0 aliphatic carbocycles. The first-order chi connectivity index (χ1) is 9.63. The highest BCUT2D eigenvalue weighted by atomic mass is 32.2. The second kappa shape index (κ2) is 5.34. The first-order valence-electron chi connectivity index (χ1n) is 6.22. The number of rotatable bonds is 3. The van der Waals surface area contributed by atoms with E-state index in [-0.39, 0.29) is 0 Å². The van der Waals surface area contributed by atoms with E-state index in [9.17, 15) is 4.21 Å². The van der Waals surface area contributed by atoms with Gasteiger partial charge in [-0.3, -0.25) is 4.21 Å². The Hall–Kier alpha value is -1.72. The average Bonchev–Trinajstić information content (AvgIpc) is 2.83. The van der Waals surface area contributed by atoms with Crippen molar-refractivity contribution in [1.29, 1.82) is 0 Å². The molecule has 0 bridgehead atoms. The zero-order chi connectivity index (χ0) is 14.1. The molecule has 0 amide bonds. The molecule has 0 radical (unpaired) electrons. The SMILES string of the molecule is Cc1ccc(N)cc1S(=O)Cc1nc2ccccc2s1. The fraction of sp³-hybridized carbons (Fsp3) is 0.133. The van der Waals surface area contributed by atoms with E-state index in [2.05, 4.69) is 4.98 Å². The zero-order valence-electron chi connectivity index (χ0n) is 11.0. The molecule has 0 aliphatic heterocycles. The number of nitrogens with two attached hydrogens (primary N) is 1. The van der Waals surface area contributed by atoms with E-state index in [0.717, 1.165) is 25.7 Å². The van der Waals surface area contributed by atoms with E-state index in [1.54, 1.807) is 17.4 Å². The van der Waals surface area contributed by atoms with E-state index >= 15 is 0 Å². The maximum Gasteiger partial charge on any atom is 0.107 e. The fourth-order valence-electron chi connectivity index (χ4n) is 2.03. The summed E-state index contributed by atoms with van der Waals surface area (Å²) in [6.07, 6.45) is 0. The van der Waals surface area contributed by atoms with E-state index in [1.807, 2.05) is 43.3 Å². The summed E-state index contributed by atoms with van der Waals surface area (Å²) in [6, 6.07) is 13.5. The predicted octanol–water partition coefficient (Wildman–Crippen LogP) is 3.49. The van der Waals surface area contributed by atoms with Crippen molar-refractivity contribution >= 4 is 38.0 Å². The van der Waals surface area contributed by atoms with Gasteiger partial charge in [-0.25, -0.2) is 4.98 Å². The molecule has 0 saturated carbocycles. The first kappa shape index (κ1) is 13.3. The summed E-state index contributed by atoms with van der Waals surface area (Å²) in [6.45, 7) is 1.95. The molecule has 0 aliphatic rings. The highest BCUT2D eigenvalue weighted by Gasteiger charge is 2.12. The van der Waals surface area contributed by atoms with Gasteiger partial charge in [0.25, 0.3) is 0 Å². The van der Waals surface area contributed by atoms with Gasteiger partial charge in [-0.1, -0.05) is 18.2 Å². The van der Waals surface area contributed by atoms with Crippen molar-refractivity contribution in [2.24, 2.45) is 0 Å². The summed E-state index contributed by atoms with van der Waals surface area (Å²) >= 11 is 1.59. The van der Waals surface area contributed by atoms with Gasteiger partial charge in [0.2, 0.25) is 0 Å². The monoisotopic (exact) mass is 302 g/mol. The molecule has 1 aromatic heterocycles. The number of fused-ring (bicyclic) bond motifs is 1. The third-order valence-corrected chi connectivity index (χ3v) is 5.74. The van der Waals surface area contributed by atoms with Crippen LogP contribution in [0, 0.1) is 6.92 Å².